The number of anilines is 1. The van der Waals surface area contributed by atoms with Crippen LogP contribution in [0, 0.1) is 5.82 Å². The van der Waals surface area contributed by atoms with Gasteiger partial charge in [-0.25, -0.2) is 9.18 Å². The molecule has 1 unspecified atom stereocenters. The maximum Gasteiger partial charge on any atom is 0.319 e. The average molecular weight is 304 g/mol. The first kappa shape index (κ1) is 16.7. The van der Waals surface area contributed by atoms with Gasteiger partial charge in [-0.05, 0) is 39.2 Å². The lowest BCUT2D eigenvalue weighted by Gasteiger charge is -2.27. The van der Waals surface area contributed by atoms with E-state index in [-0.39, 0.29) is 11.6 Å². The summed E-state index contributed by atoms with van der Waals surface area (Å²) in [6.45, 7) is 2.13. The fraction of sp³-hybridized carbons (Fsp3) is 0.462. The highest BCUT2D eigenvalue weighted by Crippen LogP contribution is 2.19. The standard InChI is InChI=1S/C13H19ClFN3O2/c1-13(20,8-18(2)3)7-16-12(19)17-9-4-5-11(15)10(14)6-9/h4-6,20H,7-8H2,1-3H3,(H2,16,17,19). The predicted octanol–water partition coefficient (Wildman–Crippen LogP) is 1.91. The number of carbonyl (C=O) groups is 1. The van der Waals surface area contributed by atoms with Crippen molar-refractivity contribution < 1.29 is 14.3 Å². The van der Waals surface area contributed by atoms with Crippen molar-refractivity contribution in [1.29, 1.82) is 0 Å². The maximum absolute atomic E-state index is 13.0. The Balaban J connectivity index is 2.49. The molecule has 0 radical (unpaired) electrons. The molecule has 0 spiro atoms. The third kappa shape index (κ3) is 5.73. The molecular formula is C13H19ClFN3O2. The number of rotatable bonds is 5. The minimum absolute atomic E-state index is 0.0672. The Morgan fingerprint density at radius 1 is 1.50 bits per heavy atom. The van der Waals surface area contributed by atoms with Gasteiger partial charge in [-0.15, -0.1) is 0 Å². The number of carbonyl (C=O) groups excluding carboxylic acids is 1. The Hall–Kier alpha value is -1.37. The molecule has 0 aliphatic rings. The number of hydrogen-bond donors (Lipinski definition) is 3. The molecule has 0 saturated heterocycles. The van der Waals surface area contributed by atoms with Gasteiger partial charge in [0.05, 0.1) is 10.6 Å². The topological polar surface area (TPSA) is 64.6 Å². The molecule has 3 N–H and O–H groups in total. The Labute approximate surface area is 122 Å². The largest absolute Gasteiger partial charge is 0.387 e. The number of halogens is 2. The Bertz CT molecular complexity index is 481. The minimum Gasteiger partial charge on any atom is -0.387 e. The van der Waals surface area contributed by atoms with Crippen LogP contribution < -0.4 is 10.6 Å². The van der Waals surface area contributed by atoms with Crippen LogP contribution in [-0.2, 0) is 0 Å². The molecule has 20 heavy (non-hydrogen) atoms. The first-order valence-corrected chi connectivity index (χ1v) is 6.44. The molecule has 0 bridgehead atoms. The molecule has 0 aliphatic carbocycles. The summed E-state index contributed by atoms with van der Waals surface area (Å²) in [6.07, 6.45) is 0. The van der Waals surface area contributed by atoms with Crippen molar-refractivity contribution in [2.45, 2.75) is 12.5 Å². The molecule has 0 aromatic heterocycles. The molecule has 7 heteroatoms. The van der Waals surface area contributed by atoms with Crippen molar-refractivity contribution in [2.75, 3.05) is 32.5 Å². The van der Waals surface area contributed by atoms with E-state index in [4.69, 9.17) is 11.6 Å². The van der Waals surface area contributed by atoms with Crippen molar-refractivity contribution in [1.82, 2.24) is 10.2 Å². The number of amides is 2. The minimum atomic E-state index is -1.04. The Kier molecular flexibility index (Phi) is 5.74. The smallest absolute Gasteiger partial charge is 0.319 e. The zero-order valence-electron chi connectivity index (χ0n) is 11.7. The monoisotopic (exact) mass is 303 g/mol. The zero-order chi connectivity index (χ0) is 15.3. The van der Waals surface area contributed by atoms with Crippen LogP contribution >= 0.6 is 11.6 Å². The number of nitrogens with zero attached hydrogens (tertiary/aromatic N) is 1. The predicted molar refractivity (Wildman–Crippen MR) is 77.6 cm³/mol. The number of likely N-dealkylation sites (N-methyl/N-ethyl adjacent to an activating group) is 1. The number of hydrogen-bond acceptors (Lipinski definition) is 3. The van der Waals surface area contributed by atoms with Gasteiger partial charge in [0.1, 0.15) is 5.82 Å². The second-order valence-electron chi connectivity index (χ2n) is 5.17. The van der Waals surface area contributed by atoms with Crippen LogP contribution in [0.5, 0.6) is 0 Å². The van der Waals surface area contributed by atoms with Crippen LogP contribution in [0.4, 0.5) is 14.9 Å². The summed E-state index contributed by atoms with van der Waals surface area (Å²) in [5.41, 5.74) is -0.664. The van der Waals surface area contributed by atoms with E-state index in [1.807, 2.05) is 19.0 Å². The summed E-state index contributed by atoms with van der Waals surface area (Å²) >= 11 is 5.61. The van der Waals surface area contributed by atoms with Gasteiger partial charge in [0.15, 0.2) is 0 Å². The fourth-order valence-electron chi connectivity index (χ4n) is 1.76. The summed E-state index contributed by atoms with van der Waals surface area (Å²) in [6, 6.07) is 3.39. The quantitative estimate of drug-likeness (QED) is 0.778. The van der Waals surface area contributed by atoms with E-state index < -0.39 is 17.4 Å². The van der Waals surface area contributed by atoms with E-state index in [1.54, 1.807) is 6.92 Å². The van der Waals surface area contributed by atoms with Gasteiger partial charge in [0.2, 0.25) is 0 Å². The van der Waals surface area contributed by atoms with Crippen LogP contribution in [0.25, 0.3) is 0 Å². The first-order valence-electron chi connectivity index (χ1n) is 6.07. The van der Waals surface area contributed by atoms with Crippen LogP contribution in [0.15, 0.2) is 18.2 Å². The summed E-state index contributed by atoms with van der Waals surface area (Å²) in [5.74, 6) is -0.549. The van der Waals surface area contributed by atoms with Crippen LogP contribution in [0.2, 0.25) is 5.02 Å². The number of aliphatic hydroxyl groups is 1. The molecule has 1 atom stereocenters. The van der Waals surface area contributed by atoms with Gasteiger partial charge in [0, 0.05) is 18.8 Å². The van der Waals surface area contributed by atoms with Crippen LogP contribution in [-0.4, -0.2) is 48.8 Å². The van der Waals surface area contributed by atoms with Crippen molar-refractivity contribution in [3.8, 4) is 0 Å². The van der Waals surface area contributed by atoms with E-state index in [1.165, 1.54) is 18.2 Å². The van der Waals surface area contributed by atoms with E-state index in [9.17, 15) is 14.3 Å². The van der Waals surface area contributed by atoms with Crippen molar-refractivity contribution in [2.24, 2.45) is 0 Å². The number of benzene rings is 1. The van der Waals surface area contributed by atoms with Gasteiger partial charge in [-0.2, -0.15) is 0 Å². The summed E-state index contributed by atoms with van der Waals surface area (Å²) in [4.78, 5) is 13.5. The summed E-state index contributed by atoms with van der Waals surface area (Å²) in [5, 5.41) is 15.0. The van der Waals surface area contributed by atoms with E-state index in [2.05, 4.69) is 10.6 Å². The lowest BCUT2D eigenvalue weighted by atomic mass is 10.1. The average Bonchev–Trinajstić information content (AvgIpc) is 2.30. The molecule has 0 fully saturated rings. The third-order valence-corrected chi connectivity index (χ3v) is 2.75. The van der Waals surface area contributed by atoms with Crippen molar-refractivity contribution in [3.05, 3.63) is 29.0 Å². The van der Waals surface area contributed by atoms with Crippen molar-refractivity contribution in [3.63, 3.8) is 0 Å². The molecule has 112 valence electrons. The number of nitrogens with one attached hydrogen (secondary N) is 2. The fourth-order valence-corrected chi connectivity index (χ4v) is 1.94. The highest BCUT2D eigenvalue weighted by atomic mass is 35.5. The molecule has 5 nitrogen and oxygen atoms in total. The second kappa shape index (κ2) is 6.88. The summed E-state index contributed by atoms with van der Waals surface area (Å²) < 4.78 is 13.0. The molecule has 1 aromatic carbocycles. The van der Waals surface area contributed by atoms with Gasteiger partial charge in [0.25, 0.3) is 0 Å². The highest BCUT2D eigenvalue weighted by molar-refractivity contribution is 6.31. The summed E-state index contributed by atoms with van der Waals surface area (Å²) in [7, 11) is 3.66. The van der Waals surface area contributed by atoms with Gasteiger partial charge < -0.3 is 20.6 Å². The molecule has 2 amide bonds. The molecular weight excluding hydrogens is 285 g/mol. The first-order chi connectivity index (χ1) is 9.19. The van der Waals surface area contributed by atoms with Crippen LogP contribution in [0.1, 0.15) is 6.92 Å². The molecule has 1 rings (SSSR count). The molecule has 0 aliphatic heterocycles. The number of urea groups is 1. The van der Waals surface area contributed by atoms with E-state index >= 15 is 0 Å². The molecule has 1 aromatic rings. The normalized spacial score (nSPS) is 13.9. The highest BCUT2D eigenvalue weighted by Gasteiger charge is 2.22. The van der Waals surface area contributed by atoms with Gasteiger partial charge in [-0.1, -0.05) is 11.6 Å². The third-order valence-electron chi connectivity index (χ3n) is 2.46. The maximum atomic E-state index is 13.0. The SMILES string of the molecule is CN(C)CC(C)(O)CNC(=O)Nc1ccc(F)c(Cl)c1. The second-order valence-corrected chi connectivity index (χ2v) is 5.58. The lowest BCUT2D eigenvalue weighted by molar-refractivity contribution is 0.0364. The van der Waals surface area contributed by atoms with Crippen molar-refractivity contribution >= 4 is 23.3 Å². The van der Waals surface area contributed by atoms with E-state index in [0.717, 1.165) is 0 Å². The van der Waals surface area contributed by atoms with Crippen LogP contribution in [0.3, 0.4) is 0 Å². The van der Waals surface area contributed by atoms with E-state index in [0.29, 0.717) is 12.2 Å². The lowest BCUT2D eigenvalue weighted by Crippen LogP contribution is -2.48. The molecule has 0 saturated carbocycles. The Morgan fingerprint density at radius 3 is 2.70 bits per heavy atom. The zero-order valence-corrected chi connectivity index (χ0v) is 12.5. The molecule has 0 heterocycles. The van der Waals surface area contributed by atoms with Gasteiger partial charge in [-0.3, -0.25) is 0 Å². The Morgan fingerprint density at radius 2 is 2.15 bits per heavy atom. The van der Waals surface area contributed by atoms with Gasteiger partial charge >= 0.3 is 6.03 Å².